The summed E-state index contributed by atoms with van der Waals surface area (Å²) in [7, 11) is 0. The van der Waals surface area contributed by atoms with Crippen molar-refractivity contribution in [2.45, 2.75) is 30.8 Å². The molecule has 0 fully saturated rings. The Morgan fingerprint density at radius 3 is 2.64 bits per heavy atom. The third kappa shape index (κ3) is 7.74. The summed E-state index contributed by atoms with van der Waals surface area (Å²) in [5.74, 6) is -1.45. The Bertz CT molecular complexity index is 663. The number of nitrogens with one attached hydrogen (secondary N) is 1. The third-order valence-electron chi connectivity index (χ3n) is 2.88. The second kappa shape index (κ2) is 9.04. The van der Waals surface area contributed by atoms with Gasteiger partial charge in [0.05, 0.1) is 12.3 Å². The number of thioether (sulfide) groups is 1. The molecular weight excluding hydrogens is 367 g/mol. The quantitative estimate of drug-likeness (QED) is 0.653. The van der Waals surface area contributed by atoms with Crippen molar-refractivity contribution in [3.8, 4) is 5.88 Å². The van der Waals surface area contributed by atoms with Gasteiger partial charge in [0.2, 0.25) is 5.88 Å². The average Bonchev–Trinajstić information content (AvgIpc) is 2.99. The fourth-order valence-electron chi connectivity index (χ4n) is 1.87. The van der Waals surface area contributed by atoms with E-state index in [0.29, 0.717) is 41.9 Å². The minimum atomic E-state index is -4.42. The number of rotatable bonds is 9. The second-order valence-electron chi connectivity index (χ2n) is 4.95. The monoisotopic (exact) mass is 382 g/mol. The van der Waals surface area contributed by atoms with Gasteiger partial charge >= 0.3 is 6.18 Å². The first kappa shape index (κ1) is 19.5. The van der Waals surface area contributed by atoms with E-state index in [0.717, 1.165) is 0 Å². The summed E-state index contributed by atoms with van der Waals surface area (Å²) >= 11 is 0.478. The van der Waals surface area contributed by atoms with E-state index in [1.165, 1.54) is 12.3 Å². The standard InChI is InChI=1S/C15H15F5N2O2S/c16-14(17)25-8-12-2-1-11(24-12)7-21-6-10-3-4-22-13(5-10)23-9-15(18,19)20/h1-5,14,21H,6-9H2. The predicted molar refractivity (Wildman–Crippen MR) is 82.3 cm³/mol. The summed E-state index contributed by atoms with van der Waals surface area (Å²) in [6.07, 6.45) is -3.06. The van der Waals surface area contributed by atoms with Crippen LogP contribution in [0, 0.1) is 0 Å². The number of nitrogens with zero attached hydrogens (tertiary/aromatic N) is 1. The van der Waals surface area contributed by atoms with Gasteiger partial charge in [0.1, 0.15) is 11.5 Å². The molecule has 2 aromatic heterocycles. The minimum Gasteiger partial charge on any atom is -0.468 e. The van der Waals surface area contributed by atoms with Crippen LogP contribution < -0.4 is 10.1 Å². The highest BCUT2D eigenvalue weighted by atomic mass is 32.2. The first-order chi connectivity index (χ1) is 11.8. The summed E-state index contributed by atoms with van der Waals surface area (Å²) in [4.78, 5) is 3.71. The summed E-state index contributed by atoms with van der Waals surface area (Å²) < 4.78 is 70.5. The average molecular weight is 382 g/mol. The molecule has 0 spiro atoms. The zero-order chi connectivity index (χ0) is 18.3. The van der Waals surface area contributed by atoms with Crippen LogP contribution in [0.4, 0.5) is 22.0 Å². The first-order valence-corrected chi connectivity index (χ1v) is 8.19. The minimum absolute atomic E-state index is 0.0852. The maximum atomic E-state index is 12.1. The van der Waals surface area contributed by atoms with Gasteiger partial charge in [-0.1, -0.05) is 11.8 Å². The van der Waals surface area contributed by atoms with Crippen molar-refractivity contribution in [1.82, 2.24) is 10.3 Å². The third-order valence-corrected chi connectivity index (χ3v) is 3.58. The Labute approximate surface area is 144 Å². The Morgan fingerprint density at radius 2 is 1.92 bits per heavy atom. The molecular formula is C15H15F5N2O2S. The van der Waals surface area contributed by atoms with Crippen molar-refractivity contribution in [2.24, 2.45) is 0 Å². The molecule has 10 heteroatoms. The summed E-state index contributed by atoms with van der Waals surface area (Å²) in [5, 5.41) is 3.04. The molecule has 0 radical (unpaired) electrons. The van der Waals surface area contributed by atoms with Crippen LogP contribution in [0.3, 0.4) is 0 Å². The van der Waals surface area contributed by atoms with Gasteiger partial charge in [-0.25, -0.2) is 4.98 Å². The molecule has 25 heavy (non-hydrogen) atoms. The lowest BCUT2D eigenvalue weighted by atomic mass is 10.2. The van der Waals surface area contributed by atoms with Crippen LogP contribution in [-0.2, 0) is 18.8 Å². The van der Waals surface area contributed by atoms with Gasteiger partial charge in [-0.3, -0.25) is 0 Å². The number of aromatic nitrogens is 1. The first-order valence-electron chi connectivity index (χ1n) is 7.14. The van der Waals surface area contributed by atoms with Crippen LogP contribution in [0.2, 0.25) is 0 Å². The number of ether oxygens (including phenoxy) is 1. The molecule has 1 N–H and O–H groups in total. The van der Waals surface area contributed by atoms with Gasteiger partial charge in [0.15, 0.2) is 6.61 Å². The van der Waals surface area contributed by atoms with E-state index in [1.54, 1.807) is 18.2 Å². The van der Waals surface area contributed by atoms with Crippen molar-refractivity contribution >= 4 is 11.8 Å². The van der Waals surface area contributed by atoms with Gasteiger partial charge in [-0.2, -0.15) is 22.0 Å². The molecule has 2 heterocycles. The largest absolute Gasteiger partial charge is 0.468 e. The van der Waals surface area contributed by atoms with Gasteiger partial charge in [0.25, 0.3) is 5.76 Å². The molecule has 0 atom stereocenters. The molecule has 0 aliphatic rings. The van der Waals surface area contributed by atoms with Gasteiger partial charge < -0.3 is 14.5 Å². The molecule has 0 unspecified atom stereocenters. The predicted octanol–water partition coefficient (Wildman–Crippen LogP) is 4.36. The molecule has 0 aliphatic heterocycles. The zero-order valence-corrected chi connectivity index (χ0v) is 13.7. The van der Waals surface area contributed by atoms with E-state index >= 15 is 0 Å². The normalized spacial score (nSPS) is 11.9. The Hall–Kier alpha value is -1.81. The van der Waals surface area contributed by atoms with Crippen LogP contribution in [0.1, 0.15) is 17.1 Å². The molecule has 0 bridgehead atoms. The number of alkyl halides is 5. The van der Waals surface area contributed by atoms with E-state index < -0.39 is 18.5 Å². The molecule has 138 valence electrons. The lowest BCUT2D eigenvalue weighted by Gasteiger charge is -2.09. The van der Waals surface area contributed by atoms with E-state index in [4.69, 9.17) is 4.42 Å². The molecule has 2 aromatic rings. The lowest BCUT2D eigenvalue weighted by molar-refractivity contribution is -0.154. The molecule has 0 amide bonds. The van der Waals surface area contributed by atoms with E-state index in [1.807, 2.05) is 0 Å². The number of furan rings is 1. The number of pyridine rings is 1. The fraction of sp³-hybridized carbons (Fsp3) is 0.400. The van der Waals surface area contributed by atoms with Gasteiger partial charge in [-0.15, -0.1) is 0 Å². The van der Waals surface area contributed by atoms with Crippen molar-refractivity contribution in [3.05, 3.63) is 47.5 Å². The molecule has 4 nitrogen and oxygen atoms in total. The number of hydrogen-bond donors (Lipinski definition) is 1. The zero-order valence-electron chi connectivity index (χ0n) is 12.9. The maximum Gasteiger partial charge on any atom is 0.422 e. The topological polar surface area (TPSA) is 47.3 Å². The Balaban J connectivity index is 1.78. The maximum absolute atomic E-state index is 12.1. The summed E-state index contributed by atoms with van der Waals surface area (Å²) in [6.45, 7) is -0.699. The van der Waals surface area contributed by atoms with Crippen molar-refractivity contribution < 1.29 is 31.1 Å². The fourth-order valence-corrected chi connectivity index (χ4v) is 2.31. The highest BCUT2D eigenvalue weighted by Crippen LogP contribution is 2.21. The molecule has 2 rings (SSSR count). The van der Waals surface area contributed by atoms with Gasteiger partial charge in [0, 0.05) is 18.8 Å². The molecule has 0 aliphatic carbocycles. The van der Waals surface area contributed by atoms with Crippen molar-refractivity contribution in [2.75, 3.05) is 6.61 Å². The van der Waals surface area contributed by atoms with Crippen LogP contribution in [0.15, 0.2) is 34.9 Å². The second-order valence-corrected chi connectivity index (χ2v) is 5.93. The van der Waals surface area contributed by atoms with Crippen molar-refractivity contribution in [1.29, 1.82) is 0 Å². The molecule has 0 saturated carbocycles. The van der Waals surface area contributed by atoms with E-state index in [9.17, 15) is 22.0 Å². The van der Waals surface area contributed by atoms with E-state index in [2.05, 4.69) is 15.0 Å². The highest BCUT2D eigenvalue weighted by molar-refractivity contribution is 7.98. The van der Waals surface area contributed by atoms with E-state index in [-0.39, 0.29) is 11.6 Å². The van der Waals surface area contributed by atoms with Crippen molar-refractivity contribution in [3.63, 3.8) is 0 Å². The van der Waals surface area contributed by atoms with Crippen LogP contribution >= 0.6 is 11.8 Å². The smallest absolute Gasteiger partial charge is 0.422 e. The SMILES string of the molecule is FC(F)SCc1ccc(CNCc2ccnc(OCC(F)(F)F)c2)o1. The van der Waals surface area contributed by atoms with Gasteiger partial charge in [-0.05, 0) is 23.8 Å². The number of hydrogen-bond acceptors (Lipinski definition) is 5. The Morgan fingerprint density at radius 1 is 1.16 bits per heavy atom. The number of halogens is 5. The van der Waals surface area contributed by atoms with Crippen LogP contribution in [0.5, 0.6) is 5.88 Å². The van der Waals surface area contributed by atoms with Crippen LogP contribution in [0.25, 0.3) is 0 Å². The molecule has 0 saturated heterocycles. The lowest BCUT2D eigenvalue weighted by Crippen LogP contribution is -2.19. The molecule has 0 aromatic carbocycles. The highest BCUT2D eigenvalue weighted by Gasteiger charge is 2.28. The summed E-state index contributed by atoms with van der Waals surface area (Å²) in [6, 6.07) is 6.35. The summed E-state index contributed by atoms with van der Waals surface area (Å²) in [5.41, 5.74) is 0.687. The Kier molecular flexibility index (Phi) is 7.06. The van der Waals surface area contributed by atoms with Crippen LogP contribution in [-0.4, -0.2) is 23.5 Å².